The summed E-state index contributed by atoms with van der Waals surface area (Å²) in [5.74, 6) is -0.111. The minimum Gasteiger partial charge on any atom is -0.340 e. The van der Waals surface area contributed by atoms with Crippen LogP contribution in [0.5, 0.6) is 0 Å². The van der Waals surface area contributed by atoms with Gasteiger partial charge in [-0.3, -0.25) is 4.79 Å². The Morgan fingerprint density at radius 2 is 1.96 bits per heavy atom. The fourth-order valence-electron chi connectivity index (χ4n) is 2.94. The Bertz CT molecular complexity index is 658. The van der Waals surface area contributed by atoms with Crippen molar-refractivity contribution < 1.29 is 13.2 Å². The zero-order chi connectivity index (χ0) is 17.7. The number of nitrogens with one attached hydrogen (secondary N) is 1. The quantitative estimate of drug-likeness (QED) is 0.842. The van der Waals surface area contributed by atoms with Crippen LogP contribution in [0.2, 0.25) is 0 Å². The summed E-state index contributed by atoms with van der Waals surface area (Å²) in [5, 5.41) is 3.00. The number of benzene rings is 1. The van der Waals surface area contributed by atoms with Crippen LogP contribution in [-0.2, 0) is 10.0 Å². The van der Waals surface area contributed by atoms with Crippen molar-refractivity contribution in [2.75, 3.05) is 33.7 Å². The van der Waals surface area contributed by atoms with Crippen LogP contribution in [0.1, 0.15) is 36.5 Å². The van der Waals surface area contributed by atoms with Crippen molar-refractivity contribution in [3.05, 3.63) is 29.8 Å². The SMILES string of the molecule is CNCCN(C)C(=O)c1ccc(S(=O)(=O)N2CCCCC2C)cc1. The summed E-state index contributed by atoms with van der Waals surface area (Å²) in [6.07, 6.45) is 2.86. The summed E-state index contributed by atoms with van der Waals surface area (Å²) < 4.78 is 27.1. The number of rotatable bonds is 6. The molecule has 0 spiro atoms. The van der Waals surface area contributed by atoms with Crippen LogP contribution in [0.4, 0.5) is 0 Å². The van der Waals surface area contributed by atoms with E-state index < -0.39 is 10.0 Å². The number of carbonyl (C=O) groups excluding carboxylic acids is 1. The van der Waals surface area contributed by atoms with Crippen molar-refractivity contribution in [2.24, 2.45) is 0 Å². The molecule has 1 unspecified atom stereocenters. The summed E-state index contributed by atoms with van der Waals surface area (Å²) in [7, 11) is 0.0791. The zero-order valence-corrected chi connectivity index (χ0v) is 15.5. The molecule has 1 aromatic rings. The Labute approximate surface area is 144 Å². The van der Waals surface area contributed by atoms with Crippen molar-refractivity contribution in [3.8, 4) is 0 Å². The molecule has 0 aliphatic carbocycles. The van der Waals surface area contributed by atoms with E-state index >= 15 is 0 Å². The van der Waals surface area contributed by atoms with Crippen LogP contribution in [0, 0.1) is 0 Å². The normalized spacial score (nSPS) is 19.2. The van der Waals surface area contributed by atoms with E-state index in [2.05, 4.69) is 5.32 Å². The highest BCUT2D eigenvalue weighted by Crippen LogP contribution is 2.25. The molecule has 1 amide bonds. The Morgan fingerprint density at radius 3 is 2.54 bits per heavy atom. The van der Waals surface area contributed by atoms with Gasteiger partial charge in [0.2, 0.25) is 10.0 Å². The van der Waals surface area contributed by atoms with E-state index in [-0.39, 0.29) is 16.8 Å². The summed E-state index contributed by atoms with van der Waals surface area (Å²) in [5.41, 5.74) is 0.499. The van der Waals surface area contributed by atoms with Crippen molar-refractivity contribution in [3.63, 3.8) is 0 Å². The van der Waals surface area contributed by atoms with Crippen LogP contribution in [0.15, 0.2) is 29.2 Å². The van der Waals surface area contributed by atoms with Gasteiger partial charge in [0, 0.05) is 38.3 Å². The molecule has 1 aliphatic heterocycles. The van der Waals surface area contributed by atoms with E-state index in [0.717, 1.165) is 19.3 Å². The zero-order valence-electron chi connectivity index (χ0n) is 14.7. The van der Waals surface area contributed by atoms with Crippen molar-refractivity contribution >= 4 is 15.9 Å². The van der Waals surface area contributed by atoms with Crippen molar-refractivity contribution in [2.45, 2.75) is 37.1 Å². The minimum absolute atomic E-state index is 0.0257. The first-order chi connectivity index (χ1) is 11.4. The number of nitrogens with zero attached hydrogens (tertiary/aromatic N) is 2. The van der Waals surface area contributed by atoms with Gasteiger partial charge < -0.3 is 10.2 Å². The van der Waals surface area contributed by atoms with E-state index in [1.165, 1.54) is 12.1 Å². The number of amides is 1. The molecule has 1 atom stereocenters. The molecule has 134 valence electrons. The second kappa shape index (κ2) is 8.09. The molecule has 1 heterocycles. The smallest absolute Gasteiger partial charge is 0.253 e. The predicted molar refractivity (Wildman–Crippen MR) is 94.5 cm³/mol. The Kier molecular flexibility index (Phi) is 6.37. The molecule has 0 bridgehead atoms. The summed E-state index contributed by atoms with van der Waals surface area (Å²) in [6.45, 7) is 3.82. The van der Waals surface area contributed by atoms with Crippen LogP contribution in [-0.4, -0.2) is 63.3 Å². The predicted octanol–water partition coefficient (Wildman–Crippen LogP) is 1.54. The first-order valence-corrected chi connectivity index (χ1v) is 9.84. The molecule has 1 aromatic carbocycles. The lowest BCUT2D eigenvalue weighted by Gasteiger charge is -2.32. The molecule has 2 rings (SSSR count). The Morgan fingerprint density at radius 1 is 1.29 bits per heavy atom. The average molecular weight is 353 g/mol. The van der Waals surface area contributed by atoms with E-state index in [1.807, 2.05) is 14.0 Å². The second-order valence-electron chi connectivity index (χ2n) is 6.32. The van der Waals surface area contributed by atoms with Gasteiger partial charge in [0.25, 0.3) is 5.91 Å². The Balaban J connectivity index is 2.15. The van der Waals surface area contributed by atoms with Gasteiger partial charge in [-0.2, -0.15) is 4.31 Å². The van der Waals surface area contributed by atoms with E-state index in [1.54, 1.807) is 28.4 Å². The highest BCUT2D eigenvalue weighted by atomic mass is 32.2. The van der Waals surface area contributed by atoms with Crippen molar-refractivity contribution in [1.29, 1.82) is 0 Å². The molecule has 1 aliphatic rings. The minimum atomic E-state index is -3.49. The number of hydrogen-bond donors (Lipinski definition) is 1. The number of carbonyl (C=O) groups is 1. The molecule has 1 saturated heterocycles. The fraction of sp³-hybridized carbons (Fsp3) is 0.588. The number of sulfonamides is 1. The Hall–Kier alpha value is -1.44. The number of piperidine rings is 1. The fourth-order valence-corrected chi connectivity index (χ4v) is 4.63. The molecular weight excluding hydrogens is 326 g/mol. The van der Waals surface area contributed by atoms with Gasteiger partial charge in [-0.25, -0.2) is 8.42 Å². The topological polar surface area (TPSA) is 69.7 Å². The van der Waals surface area contributed by atoms with Gasteiger partial charge >= 0.3 is 0 Å². The van der Waals surface area contributed by atoms with Gasteiger partial charge in [-0.15, -0.1) is 0 Å². The molecule has 0 aromatic heterocycles. The summed E-state index contributed by atoms with van der Waals surface area (Å²) in [6, 6.07) is 6.29. The second-order valence-corrected chi connectivity index (χ2v) is 8.21. The molecule has 0 saturated carbocycles. The van der Waals surface area contributed by atoms with Gasteiger partial charge in [0.15, 0.2) is 0 Å². The maximum absolute atomic E-state index is 12.8. The summed E-state index contributed by atoms with van der Waals surface area (Å²) in [4.78, 5) is 14.2. The molecule has 0 radical (unpaired) electrons. The third-order valence-electron chi connectivity index (χ3n) is 4.49. The maximum Gasteiger partial charge on any atom is 0.253 e. The van der Waals surface area contributed by atoms with Crippen LogP contribution < -0.4 is 5.32 Å². The largest absolute Gasteiger partial charge is 0.340 e. The lowest BCUT2D eigenvalue weighted by molar-refractivity contribution is 0.0796. The summed E-state index contributed by atoms with van der Waals surface area (Å²) >= 11 is 0. The van der Waals surface area contributed by atoms with Gasteiger partial charge in [0.1, 0.15) is 0 Å². The highest BCUT2D eigenvalue weighted by molar-refractivity contribution is 7.89. The third-order valence-corrected chi connectivity index (χ3v) is 6.52. The molecule has 6 nitrogen and oxygen atoms in total. The lowest BCUT2D eigenvalue weighted by atomic mass is 10.1. The first kappa shape index (κ1) is 18.9. The standard InChI is InChI=1S/C17H27N3O3S/c1-14-6-4-5-12-20(14)24(22,23)16-9-7-15(8-10-16)17(21)19(3)13-11-18-2/h7-10,14,18H,4-6,11-13H2,1-3H3. The lowest BCUT2D eigenvalue weighted by Crippen LogP contribution is -2.41. The highest BCUT2D eigenvalue weighted by Gasteiger charge is 2.30. The third kappa shape index (κ3) is 4.15. The van der Waals surface area contributed by atoms with E-state index in [4.69, 9.17) is 0 Å². The van der Waals surface area contributed by atoms with Gasteiger partial charge in [0.05, 0.1) is 4.90 Å². The molecule has 1 fully saturated rings. The van der Waals surface area contributed by atoms with E-state index in [9.17, 15) is 13.2 Å². The van der Waals surface area contributed by atoms with Gasteiger partial charge in [-0.05, 0) is 51.1 Å². The molecule has 24 heavy (non-hydrogen) atoms. The van der Waals surface area contributed by atoms with Gasteiger partial charge in [-0.1, -0.05) is 6.42 Å². The number of hydrogen-bond acceptors (Lipinski definition) is 4. The van der Waals surface area contributed by atoms with Crippen LogP contribution >= 0.6 is 0 Å². The van der Waals surface area contributed by atoms with Crippen molar-refractivity contribution in [1.82, 2.24) is 14.5 Å². The van der Waals surface area contributed by atoms with Crippen LogP contribution in [0.3, 0.4) is 0 Å². The first-order valence-electron chi connectivity index (χ1n) is 8.40. The molecule has 1 N–H and O–H groups in total. The molecular formula is C17H27N3O3S. The monoisotopic (exact) mass is 353 g/mol. The number of likely N-dealkylation sites (N-methyl/N-ethyl adjacent to an activating group) is 2. The maximum atomic E-state index is 12.8. The van der Waals surface area contributed by atoms with E-state index in [0.29, 0.717) is 25.2 Å². The van der Waals surface area contributed by atoms with Crippen LogP contribution in [0.25, 0.3) is 0 Å². The average Bonchev–Trinajstić information content (AvgIpc) is 2.59. The molecule has 7 heteroatoms.